The molecule has 0 saturated heterocycles. The smallest absolute Gasteiger partial charge is 0.550 e. The van der Waals surface area contributed by atoms with E-state index in [0.717, 1.165) is 19.7 Å². The van der Waals surface area contributed by atoms with Crippen molar-refractivity contribution in [1.82, 2.24) is 9.97 Å². The Morgan fingerprint density at radius 2 is 1.47 bits per heavy atom. The molecule has 1 rings (SSSR count). The van der Waals surface area contributed by atoms with Crippen LogP contribution in [0.5, 0.6) is 0 Å². The van der Waals surface area contributed by atoms with Crippen molar-refractivity contribution in [1.29, 1.82) is 0 Å². The maximum absolute atomic E-state index is 8.89. The van der Waals surface area contributed by atoms with Gasteiger partial charge in [-0.25, -0.2) is 4.98 Å². The number of H-pyrrole nitrogens is 1. The number of carbonyl (C=O) groups is 2. The Morgan fingerprint density at radius 3 is 1.53 bits per heavy atom. The molecule has 0 atom stereocenters. The van der Waals surface area contributed by atoms with E-state index in [9.17, 15) is 0 Å². The largest absolute Gasteiger partial charge is 2.00 e. The van der Waals surface area contributed by atoms with E-state index in [1.807, 2.05) is 6.92 Å². The Balaban J connectivity index is -0.0000000403. The first-order valence-corrected chi connectivity index (χ1v) is 3.67. The zero-order valence-electron chi connectivity index (χ0n) is 9.94. The summed E-state index contributed by atoms with van der Waals surface area (Å²) in [4.78, 5) is 24.5. The topological polar surface area (TPSA) is 172 Å². The Hall–Kier alpha value is -1.31. The number of aryl methyl sites for hydroxylation is 1. The third-order valence-corrected chi connectivity index (χ3v) is 0.635. The zero-order chi connectivity index (χ0) is 11.6. The van der Waals surface area contributed by atoms with Crippen LogP contribution < -0.4 is 10.2 Å². The van der Waals surface area contributed by atoms with Gasteiger partial charge < -0.3 is 35.7 Å². The summed E-state index contributed by atoms with van der Waals surface area (Å²) in [5, 5.41) is 17.8. The van der Waals surface area contributed by atoms with E-state index in [0.29, 0.717) is 0 Å². The summed E-state index contributed by atoms with van der Waals surface area (Å²) < 4.78 is 0. The number of hydrogen-bond donors (Lipinski definition) is 1. The molecule has 8 nitrogen and oxygen atoms in total. The minimum Gasteiger partial charge on any atom is -0.550 e. The Bertz CT molecular complexity index is 245. The molecule has 0 fully saturated rings. The number of rotatable bonds is 0. The first-order chi connectivity index (χ1) is 6.36. The van der Waals surface area contributed by atoms with Gasteiger partial charge in [-0.05, 0) is 20.8 Å². The number of carboxylic acids is 2. The van der Waals surface area contributed by atoms with Gasteiger partial charge in [-0.15, -0.1) is 0 Å². The number of nitrogens with zero attached hydrogens (tertiary/aromatic N) is 1. The molecule has 0 bridgehead atoms. The summed E-state index contributed by atoms with van der Waals surface area (Å²) in [5.41, 5.74) is 0. The van der Waals surface area contributed by atoms with Crippen LogP contribution in [0.1, 0.15) is 19.7 Å². The molecule has 96 valence electrons. The van der Waals surface area contributed by atoms with E-state index in [1.165, 1.54) is 0 Å². The molecular weight excluding hydrogens is 285 g/mol. The number of hydrogen-bond acceptors (Lipinski definition) is 5. The fourth-order valence-electron chi connectivity index (χ4n) is 0.344. The Morgan fingerprint density at radius 1 is 1.18 bits per heavy atom. The van der Waals surface area contributed by atoms with Gasteiger partial charge in [0.15, 0.2) is 0 Å². The summed E-state index contributed by atoms with van der Waals surface area (Å²) in [7, 11) is 0. The van der Waals surface area contributed by atoms with Gasteiger partial charge in [-0.2, -0.15) is 0 Å². The van der Waals surface area contributed by atoms with Crippen molar-refractivity contribution >= 4 is 11.9 Å². The van der Waals surface area contributed by atoms with Crippen LogP contribution in [-0.2, 0) is 29.1 Å². The van der Waals surface area contributed by atoms with E-state index in [1.54, 1.807) is 12.4 Å². The van der Waals surface area contributed by atoms with Crippen LogP contribution >= 0.6 is 0 Å². The van der Waals surface area contributed by atoms with Gasteiger partial charge in [0.1, 0.15) is 5.82 Å². The minimum atomic E-state index is -1.08. The number of carbonyl (C=O) groups excluding carboxylic acids is 2. The van der Waals surface area contributed by atoms with Crippen LogP contribution in [-0.4, -0.2) is 32.9 Å². The number of aromatic nitrogens is 2. The van der Waals surface area contributed by atoms with Gasteiger partial charge in [0.25, 0.3) is 0 Å². The molecule has 9 heteroatoms. The summed E-state index contributed by atoms with van der Waals surface area (Å²) >= 11 is 0. The number of nitrogens with one attached hydrogen (secondary N) is 1. The predicted molar refractivity (Wildman–Crippen MR) is 51.9 cm³/mol. The second-order valence-corrected chi connectivity index (χ2v) is 2.16. The van der Waals surface area contributed by atoms with Crippen molar-refractivity contribution in [2.24, 2.45) is 0 Å². The molecule has 1 heterocycles. The number of aliphatic carboxylic acids is 2. The molecule has 0 aliphatic heterocycles. The van der Waals surface area contributed by atoms with Crippen molar-refractivity contribution in [2.75, 3.05) is 0 Å². The van der Waals surface area contributed by atoms with E-state index in [4.69, 9.17) is 19.8 Å². The molecule has 0 aliphatic rings. The van der Waals surface area contributed by atoms with Gasteiger partial charge >= 0.3 is 19.5 Å². The fourth-order valence-corrected chi connectivity index (χ4v) is 0.344. The van der Waals surface area contributed by atoms with E-state index >= 15 is 0 Å². The molecule has 0 aliphatic carbocycles. The number of aromatic amines is 1. The van der Waals surface area contributed by atoms with Crippen molar-refractivity contribution in [3.63, 3.8) is 0 Å². The molecule has 0 aromatic carbocycles. The van der Waals surface area contributed by atoms with Crippen molar-refractivity contribution in [3.05, 3.63) is 18.2 Å². The standard InChI is InChI=1S/C4H6N2.2C2H4O2.2H2O.Zn/c1-4-5-2-3-6-4;2*1-2(3)4;;;/h2-3H,1H3,(H,5,6);2*1H3,(H,3,4);2*1H2;/q;;;;;+2/p-2. The molecule has 0 amide bonds. The fraction of sp³-hybridized carbons (Fsp3) is 0.375. The van der Waals surface area contributed by atoms with Crippen LogP contribution in [0.25, 0.3) is 0 Å². The third-order valence-electron chi connectivity index (χ3n) is 0.635. The first kappa shape index (κ1) is 29.6. The predicted octanol–water partition coefficient (Wildman–Crippen LogP) is -3.42. The molecule has 0 spiro atoms. The quantitative estimate of drug-likeness (QED) is 0.490. The van der Waals surface area contributed by atoms with E-state index in [2.05, 4.69) is 9.97 Å². The van der Waals surface area contributed by atoms with Gasteiger partial charge in [-0.3, -0.25) is 0 Å². The molecule has 1 aromatic rings. The summed E-state index contributed by atoms with van der Waals surface area (Å²) in [6.07, 6.45) is 3.53. The summed E-state index contributed by atoms with van der Waals surface area (Å²) in [6.45, 7) is 3.86. The van der Waals surface area contributed by atoms with Gasteiger partial charge in [0, 0.05) is 24.3 Å². The molecule has 0 unspecified atom stereocenters. The SMILES string of the molecule is CC(=O)[O-].CC(=O)[O-].Cc1ncc[nH]1.O.O.[Zn+2]. The number of imidazole rings is 1. The molecule has 0 saturated carbocycles. The second kappa shape index (κ2) is 20.1. The third kappa shape index (κ3) is 73.0. The molecule has 1 aromatic heterocycles. The van der Waals surface area contributed by atoms with Gasteiger partial charge in [0.05, 0.1) is 0 Å². The van der Waals surface area contributed by atoms with Gasteiger partial charge in [0.2, 0.25) is 0 Å². The average molecular weight is 302 g/mol. The van der Waals surface area contributed by atoms with Crippen LogP contribution in [0.3, 0.4) is 0 Å². The molecule has 0 radical (unpaired) electrons. The van der Waals surface area contributed by atoms with Crippen molar-refractivity contribution in [3.8, 4) is 0 Å². The minimum absolute atomic E-state index is 0. The first-order valence-electron chi connectivity index (χ1n) is 3.67. The molecular formula is C8H16N2O6Zn. The maximum Gasteiger partial charge on any atom is 2.00 e. The van der Waals surface area contributed by atoms with E-state index in [-0.39, 0.29) is 30.4 Å². The van der Waals surface area contributed by atoms with E-state index < -0.39 is 11.9 Å². The van der Waals surface area contributed by atoms with Crippen molar-refractivity contribution in [2.45, 2.75) is 20.8 Å². The normalized spacial score (nSPS) is 6.06. The monoisotopic (exact) mass is 300 g/mol. The van der Waals surface area contributed by atoms with Crippen LogP contribution in [0, 0.1) is 6.92 Å². The van der Waals surface area contributed by atoms with Crippen LogP contribution in [0.15, 0.2) is 12.4 Å². The van der Waals surface area contributed by atoms with Gasteiger partial charge in [-0.1, -0.05) is 0 Å². The summed E-state index contributed by atoms with van der Waals surface area (Å²) in [6, 6.07) is 0. The zero-order valence-corrected chi connectivity index (χ0v) is 12.9. The molecule has 17 heavy (non-hydrogen) atoms. The average Bonchev–Trinajstić information content (AvgIpc) is 2.36. The van der Waals surface area contributed by atoms with Crippen LogP contribution in [0.4, 0.5) is 0 Å². The summed E-state index contributed by atoms with van der Waals surface area (Å²) in [5.74, 6) is -1.20. The van der Waals surface area contributed by atoms with Crippen LogP contribution in [0.2, 0.25) is 0 Å². The Kier molecular flexibility index (Phi) is 35.1. The van der Waals surface area contributed by atoms with Crippen molar-refractivity contribution < 1.29 is 50.2 Å². The molecule has 5 N–H and O–H groups in total. The number of carboxylic acid groups (broad SMARTS) is 2. The maximum atomic E-state index is 8.89. The second-order valence-electron chi connectivity index (χ2n) is 2.16. The Labute approximate surface area is 111 Å².